The fourth-order valence-electron chi connectivity index (χ4n) is 5.75. The molecular weight excluding hydrogens is 366 g/mol. The first-order chi connectivity index (χ1) is 13.6. The van der Waals surface area contributed by atoms with E-state index in [-0.39, 0.29) is 18.1 Å². The van der Waals surface area contributed by atoms with Crippen molar-refractivity contribution in [1.29, 1.82) is 0 Å². The number of benzene rings is 1. The topological polar surface area (TPSA) is 61.9 Å². The van der Waals surface area contributed by atoms with Crippen LogP contribution in [0.15, 0.2) is 12.1 Å². The summed E-state index contributed by atoms with van der Waals surface area (Å²) in [4.78, 5) is 27.8. The molecule has 4 rings (SSSR count). The van der Waals surface area contributed by atoms with E-state index < -0.39 is 0 Å². The third-order valence-electron chi connectivity index (χ3n) is 7.55. The van der Waals surface area contributed by atoms with Crippen LogP contribution in [-0.2, 0) is 9.53 Å². The van der Waals surface area contributed by atoms with Gasteiger partial charge in [-0.05, 0) is 60.8 Å². The molecule has 1 aliphatic carbocycles. The Morgan fingerprint density at radius 3 is 2.31 bits per heavy atom. The molecule has 1 N–H and O–H groups in total. The molecule has 3 aliphatic rings. The second-order valence-corrected chi connectivity index (χ2v) is 9.81. The van der Waals surface area contributed by atoms with Crippen molar-refractivity contribution in [3.8, 4) is 0 Å². The van der Waals surface area contributed by atoms with Gasteiger partial charge < -0.3 is 15.0 Å². The molecule has 6 heteroatoms. The number of hydrogen-bond donors (Lipinski definition) is 1. The first-order valence-corrected chi connectivity index (χ1v) is 10.7. The summed E-state index contributed by atoms with van der Waals surface area (Å²) in [6, 6.07) is 4.20. The van der Waals surface area contributed by atoms with Crippen LogP contribution in [0.4, 0.5) is 16.2 Å². The van der Waals surface area contributed by atoms with Crippen LogP contribution in [0.25, 0.3) is 0 Å². The van der Waals surface area contributed by atoms with Crippen LogP contribution in [-0.4, -0.2) is 44.3 Å². The van der Waals surface area contributed by atoms with E-state index in [0.717, 1.165) is 18.8 Å². The van der Waals surface area contributed by atoms with Gasteiger partial charge in [-0.1, -0.05) is 20.3 Å². The molecule has 2 amide bonds. The zero-order valence-electron chi connectivity index (χ0n) is 18.3. The second kappa shape index (κ2) is 6.92. The monoisotopic (exact) mass is 399 g/mol. The van der Waals surface area contributed by atoms with E-state index in [2.05, 4.69) is 50.0 Å². The van der Waals surface area contributed by atoms with Crippen molar-refractivity contribution in [1.82, 2.24) is 5.32 Å². The summed E-state index contributed by atoms with van der Waals surface area (Å²) in [6.45, 7) is 13.7. The van der Waals surface area contributed by atoms with E-state index >= 15 is 0 Å². The summed E-state index contributed by atoms with van der Waals surface area (Å²) >= 11 is 0. The number of carbonyl (C=O) groups is 2. The molecule has 158 valence electrons. The smallest absolute Gasteiger partial charge is 0.414 e. The number of hydrogen-bond acceptors (Lipinski definition) is 4. The molecule has 0 aromatic heterocycles. The van der Waals surface area contributed by atoms with Gasteiger partial charge in [0.1, 0.15) is 6.10 Å². The number of ether oxygens (including phenoxy) is 1. The van der Waals surface area contributed by atoms with Crippen LogP contribution in [0, 0.1) is 24.7 Å². The third kappa shape index (κ3) is 3.36. The maximum Gasteiger partial charge on any atom is 0.414 e. The normalized spacial score (nSPS) is 31.2. The summed E-state index contributed by atoms with van der Waals surface area (Å²) in [5.74, 6) is -0.117. The molecule has 0 spiro atoms. The first-order valence-electron chi connectivity index (χ1n) is 10.7. The van der Waals surface area contributed by atoms with Gasteiger partial charge in [-0.25, -0.2) is 4.79 Å². The number of anilines is 2. The summed E-state index contributed by atoms with van der Waals surface area (Å²) in [6.07, 6.45) is 3.30. The van der Waals surface area contributed by atoms with Gasteiger partial charge in [-0.2, -0.15) is 0 Å². The van der Waals surface area contributed by atoms with Crippen molar-refractivity contribution in [2.75, 3.05) is 36.0 Å². The van der Waals surface area contributed by atoms with Gasteiger partial charge >= 0.3 is 6.09 Å². The zero-order chi connectivity index (χ0) is 21.0. The molecule has 1 saturated carbocycles. The lowest BCUT2D eigenvalue weighted by Crippen LogP contribution is -2.33. The van der Waals surface area contributed by atoms with Gasteiger partial charge in [0.25, 0.3) is 0 Å². The Bertz CT molecular complexity index is 813. The van der Waals surface area contributed by atoms with Gasteiger partial charge in [0.2, 0.25) is 5.91 Å². The molecule has 0 radical (unpaired) electrons. The fraction of sp³-hybridized carbons (Fsp3) is 0.652. The van der Waals surface area contributed by atoms with Crippen molar-refractivity contribution in [2.24, 2.45) is 10.8 Å². The van der Waals surface area contributed by atoms with Gasteiger partial charge in [0, 0.05) is 31.4 Å². The van der Waals surface area contributed by atoms with Gasteiger partial charge in [-0.15, -0.1) is 0 Å². The van der Waals surface area contributed by atoms with Crippen molar-refractivity contribution in [2.45, 2.75) is 60.0 Å². The Morgan fingerprint density at radius 1 is 1.17 bits per heavy atom. The lowest BCUT2D eigenvalue weighted by Gasteiger charge is -2.32. The van der Waals surface area contributed by atoms with Gasteiger partial charge in [0.15, 0.2) is 0 Å². The maximum atomic E-state index is 12.4. The third-order valence-corrected chi connectivity index (χ3v) is 7.55. The highest BCUT2D eigenvalue weighted by Gasteiger charge is 2.54. The number of aryl methyl sites for hydroxylation is 2. The van der Waals surface area contributed by atoms with E-state index in [0.29, 0.717) is 23.9 Å². The van der Waals surface area contributed by atoms with E-state index in [1.165, 1.54) is 43.0 Å². The Kier molecular flexibility index (Phi) is 4.79. The number of nitrogens with zero attached hydrogens (tertiary/aromatic N) is 2. The average Bonchev–Trinajstić information content (AvgIpc) is 3.19. The minimum atomic E-state index is -0.345. The molecule has 6 nitrogen and oxygen atoms in total. The van der Waals surface area contributed by atoms with Crippen LogP contribution >= 0.6 is 0 Å². The van der Waals surface area contributed by atoms with Gasteiger partial charge in [0.05, 0.1) is 13.1 Å². The molecule has 2 saturated heterocycles. The van der Waals surface area contributed by atoms with E-state index in [9.17, 15) is 9.59 Å². The van der Waals surface area contributed by atoms with E-state index in [4.69, 9.17) is 4.74 Å². The lowest BCUT2D eigenvalue weighted by atomic mass is 9.71. The maximum absolute atomic E-state index is 12.4. The number of amides is 2. The molecule has 29 heavy (non-hydrogen) atoms. The molecule has 1 aromatic rings. The number of nitrogens with one attached hydrogen (secondary N) is 1. The number of fused-ring (bicyclic) bond motifs is 1. The number of carbonyl (C=O) groups excluding carboxylic acids is 2. The molecule has 2 unspecified atom stereocenters. The second-order valence-electron chi connectivity index (χ2n) is 9.81. The summed E-state index contributed by atoms with van der Waals surface area (Å²) in [5.41, 5.74) is 5.36. The largest absolute Gasteiger partial charge is 0.442 e. The molecule has 3 atom stereocenters. The molecule has 2 heterocycles. The predicted octanol–water partition coefficient (Wildman–Crippen LogP) is 3.78. The molecular formula is C23H33N3O3. The number of rotatable bonds is 4. The standard InChI is InChI=1S/C23H33N3O3/c1-15-9-18(26-12-19(29-21(26)28)11-24-17(3)27)10-16(2)20(15)25-13-22(4)7-6-8-23(22,5)14-25/h9-10,19H,6-8,11-14H2,1-5H3,(H,24,27)/t19-,22?,23?/m0/s1. The van der Waals surface area contributed by atoms with Crippen LogP contribution < -0.4 is 15.1 Å². The highest BCUT2D eigenvalue weighted by atomic mass is 16.6. The van der Waals surface area contributed by atoms with Crippen LogP contribution in [0.1, 0.15) is 51.2 Å². The van der Waals surface area contributed by atoms with Crippen LogP contribution in [0.2, 0.25) is 0 Å². The van der Waals surface area contributed by atoms with Crippen LogP contribution in [0.5, 0.6) is 0 Å². The summed E-state index contributed by atoms with van der Waals surface area (Å²) in [5, 5.41) is 2.73. The van der Waals surface area contributed by atoms with Crippen molar-refractivity contribution in [3.63, 3.8) is 0 Å². The minimum absolute atomic E-state index is 0.117. The lowest BCUT2D eigenvalue weighted by molar-refractivity contribution is -0.119. The molecule has 2 aliphatic heterocycles. The Labute approximate surface area is 173 Å². The van der Waals surface area contributed by atoms with Crippen molar-refractivity contribution < 1.29 is 14.3 Å². The quantitative estimate of drug-likeness (QED) is 0.837. The summed E-state index contributed by atoms with van der Waals surface area (Å²) in [7, 11) is 0. The minimum Gasteiger partial charge on any atom is -0.442 e. The van der Waals surface area contributed by atoms with Crippen molar-refractivity contribution >= 4 is 23.4 Å². The average molecular weight is 400 g/mol. The van der Waals surface area contributed by atoms with Gasteiger partial charge in [-0.3, -0.25) is 9.69 Å². The Morgan fingerprint density at radius 2 is 1.76 bits per heavy atom. The fourth-order valence-corrected chi connectivity index (χ4v) is 5.75. The molecule has 0 bridgehead atoms. The van der Waals surface area contributed by atoms with Crippen molar-refractivity contribution in [3.05, 3.63) is 23.3 Å². The highest BCUT2D eigenvalue weighted by Crippen LogP contribution is 2.58. The SMILES string of the molecule is CC(=O)NC[C@H]1CN(c2cc(C)c(N3CC4(C)CCCC4(C)C3)c(C)c2)C(=O)O1. The zero-order valence-corrected chi connectivity index (χ0v) is 18.3. The summed E-state index contributed by atoms with van der Waals surface area (Å²) < 4.78 is 5.43. The first kappa shape index (κ1) is 20.0. The Hall–Kier alpha value is -2.24. The number of cyclic esters (lactones) is 1. The van der Waals surface area contributed by atoms with E-state index in [1.54, 1.807) is 4.90 Å². The Balaban J connectivity index is 1.54. The molecule has 1 aromatic carbocycles. The predicted molar refractivity (Wildman–Crippen MR) is 114 cm³/mol. The molecule has 3 fully saturated rings. The van der Waals surface area contributed by atoms with E-state index in [1.807, 2.05) is 0 Å². The highest BCUT2D eigenvalue weighted by molar-refractivity contribution is 5.90. The van der Waals surface area contributed by atoms with Crippen LogP contribution in [0.3, 0.4) is 0 Å².